The maximum atomic E-state index is 11.8. The topological polar surface area (TPSA) is 85.9 Å². The molecule has 2 rings (SSSR count). The largest absolute Gasteiger partial charge is 0.497 e. The first-order valence-corrected chi connectivity index (χ1v) is 6.69. The summed E-state index contributed by atoms with van der Waals surface area (Å²) in [7, 11) is 2.98. The number of para-hydroxylation sites is 1. The first-order valence-electron chi connectivity index (χ1n) is 6.69. The van der Waals surface area contributed by atoms with Gasteiger partial charge in [-0.2, -0.15) is 0 Å². The predicted molar refractivity (Wildman–Crippen MR) is 84.2 cm³/mol. The summed E-state index contributed by atoms with van der Waals surface area (Å²) in [5.41, 5.74) is 0.387. The fraction of sp³-hybridized carbons (Fsp3) is 0.125. The number of carbonyl (C=O) groups is 2. The zero-order valence-electron chi connectivity index (χ0n) is 12.7. The second-order valence-corrected chi connectivity index (χ2v) is 4.35. The Morgan fingerprint density at radius 1 is 0.913 bits per heavy atom. The first kappa shape index (κ1) is 16.2. The summed E-state index contributed by atoms with van der Waals surface area (Å²) in [6, 6.07) is 12.5. The van der Waals surface area contributed by atoms with E-state index in [0.29, 0.717) is 22.9 Å². The Kier molecular flexibility index (Phi) is 5.40. The second kappa shape index (κ2) is 7.69. The zero-order valence-corrected chi connectivity index (χ0v) is 12.7. The van der Waals surface area contributed by atoms with Crippen LogP contribution in [-0.4, -0.2) is 26.3 Å². The molecule has 0 aromatic heterocycles. The van der Waals surface area contributed by atoms with Gasteiger partial charge in [-0.25, -0.2) is 14.9 Å². The maximum absolute atomic E-state index is 11.8. The maximum Gasteiger partial charge on any atom is 0.420 e. The van der Waals surface area contributed by atoms with Crippen LogP contribution in [0.15, 0.2) is 48.5 Å². The highest BCUT2D eigenvalue weighted by Crippen LogP contribution is 2.28. The minimum absolute atomic E-state index is 0.333. The fourth-order valence-electron chi connectivity index (χ4n) is 1.77. The minimum atomic E-state index is -0.888. The molecule has 0 heterocycles. The van der Waals surface area contributed by atoms with Crippen molar-refractivity contribution in [3.63, 3.8) is 0 Å². The molecule has 3 amide bonds. The highest BCUT2D eigenvalue weighted by molar-refractivity contribution is 6.00. The molecule has 7 heteroatoms. The van der Waals surface area contributed by atoms with E-state index in [1.807, 2.05) is 0 Å². The van der Waals surface area contributed by atoms with Crippen LogP contribution in [0.3, 0.4) is 0 Å². The summed E-state index contributed by atoms with van der Waals surface area (Å²) in [6.07, 6.45) is -0.888. The number of methoxy groups -OCH3 is 2. The molecule has 0 fully saturated rings. The molecule has 0 aliphatic rings. The Morgan fingerprint density at radius 2 is 1.65 bits per heavy atom. The zero-order chi connectivity index (χ0) is 16.7. The predicted octanol–water partition coefficient (Wildman–Crippen LogP) is 3.02. The number of amides is 3. The average molecular weight is 316 g/mol. The minimum Gasteiger partial charge on any atom is -0.497 e. The summed E-state index contributed by atoms with van der Waals surface area (Å²) < 4.78 is 15.2. The van der Waals surface area contributed by atoms with Crippen molar-refractivity contribution in [3.8, 4) is 17.2 Å². The molecule has 0 spiro atoms. The van der Waals surface area contributed by atoms with Crippen molar-refractivity contribution in [3.05, 3.63) is 48.5 Å². The molecule has 0 saturated heterocycles. The average Bonchev–Trinajstić information content (AvgIpc) is 2.55. The van der Waals surface area contributed by atoms with Gasteiger partial charge in [-0.1, -0.05) is 18.2 Å². The van der Waals surface area contributed by atoms with Gasteiger partial charge in [-0.3, -0.25) is 0 Å². The van der Waals surface area contributed by atoms with Crippen molar-refractivity contribution in [2.45, 2.75) is 0 Å². The lowest BCUT2D eigenvalue weighted by Crippen LogP contribution is -2.36. The van der Waals surface area contributed by atoms with Gasteiger partial charge in [0, 0.05) is 6.07 Å². The van der Waals surface area contributed by atoms with E-state index in [0.717, 1.165) is 0 Å². The molecule has 0 aliphatic carbocycles. The second-order valence-electron chi connectivity index (χ2n) is 4.35. The van der Waals surface area contributed by atoms with Gasteiger partial charge < -0.3 is 19.5 Å². The van der Waals surface area contributed by atoms with Crippen LogP contribution in [0, 0.1) is 0 Å². The number of ether oxygens (including phenoxy) is 3. The third-order valence-corrected chi connectivity index (χ3v) is 2.83. The van der Waals surface area contributed by atoms with Gasteiger partial charge in [0.15, 0.2) is 0 Å². The van der Waals surface area contributed by atoms with Gasteiger partial charge in [-0.05, 0) is 24.3 Å². The number of benzene rings is 2. The van der Waals surface area contributed by atoms with Gasteiger partial charge in [0.1, 0.15) is 17.2 Å². The quantitative estimate of drug-likeness (QED) is 0.905. The van der Waals surface area contributed by atoms with Crippen LogP contribution in [-0.2, 0) is 0 Å². The Morgan fingerprint density at radius 3 is 2.30 bits per heavy atom. The number of imide groups is 1. The van der Waals surface area contributed by atoms with Crippen LogP contribution in [0.5, 0.6) is 17.2 Å². The molecule has 120 valence electrons. The van der Waals surface area contributed by atoms with E-state index in [2.05, 4.69) is 10.6 Å². The van der Waals surface area contributed by atoms with Crippen molar-refractivity contribution in [1.29, 1.82) is 0 Å². The normalized spacial score (nSPS) is 9.65. The molecule has 0 radical (unpaired) electrons. The van der Waals surface area contributed by atoms with E-state index < -0.39 is 12.1 Å². The Labute approximate surface area is 133 Å². The fourth-order valence-corrected chi connectivity index (χ4v) is 1.77. The third-order valence-electron chi connectivity index (χ3n) is 2.83. The van der Waals surface area contributed by atoms with E-state index in [4.69, 9.17) is 14.2 Å². The lowest BCUT2D eigenvalue weighted by Gasteiger charge is -2.12. The number of hydrogen-bond acceptors (Lipinski definition) is 5. The van der Waals surface area contributed by atoms with Crippen LogP contribution in [0.4, 0.5) is 15.3 Å². The molecule has 2 N–H and O–H groups in total. The summed E-state index contributed by atoms with van der Waals surface area (Å²) in [4.78, 5) is 23.4. The smallest absolute Gasteiger partial charge is 0.420 e. The molecule has 0 saturated carbocycles. The van der Waals surface area contributed by atoms with Crippen molar-refractivity contribution >= 4 is 17.8 Å². The number of carbonyl (C=O) groups excluding carboxylic acids is 2. The van der Waals surface area contributed by atoms with E-state index >= 15 is 0 Å². The number of rotatable bonds is 4. The number of urea groups is 1. The summed E-state index contributed by atoms with van der Waals surface area (Å²) in [6.45, 7) is 0. The standard InChI is InChI=1S/C16H16N2O5/c1-21-12-8-9-13(14(10-12)22-2)17-15(19)18-16(20)23-11-6-4-3-5-7-11/h3-10H,1-2H3,(H2,17,18,19,20). The lowest BCUT2D eigenvalue weighted by molar-refractivity contribution is 0.199. The monoisotopic (exact) mass is 316 g/mol. The molecule has 0 bridgehead atoms. The molecular formula is C16H16N2O5. The van der Waals surface area contributed by atoms with E-state index in [-0.39, 0.29) is 0 Å². The van der Waals surface area contributed by atoms with E-state index in [1.54, 1.807) is 48.5 Å². The van der Waals surface area contributed by atoms with Crippen molar-refractivity contribution < 1.29 is 23.8 Å². The van der Waals surface area contributed by atoms with Gasteiger partial charge in [0.05, 0.1) is 19.9 Å². The SMILES string of the molecule is COc1ccc(NC(=O)NC(=O)Oc2ccccc2)c(OC)c1. The molecular weight excluding hydrogens is 300 g/mol. The van der Waals surface area contributed by atoms with Crippen LogP contribution in [0.25, 0.3) is 0 Å². The van der Waals surface area contributed by atoms with Crippen LogP contribution < -0.4 is 24.8 Å². The molecule has 0 atom stereocenters. The molecule has 7 nitrogen and oxygen atoms in total. The van der Waals surface area contributed by atoms with Gasteiger partial charge in [0.2, 0.25) is 0 Å². The van der Waals surface area contributed by atoms with Gasteiger partial charge in [0.25, 0.3) is 0 Å². The number of anilines is 1. The summed E-state index contributed by atoms with van der Waals surface area (Å²) >= 11 is 0. The molecule has 0 unspecified atom stereocenters. The Bertz CT molecular complexity index is 688. The van der Waals surface area contributed by atoms with Crippen molar-refractivity contribution in [1.82, 2.24) is 5.32 Å². The highest BCUT2D eigenvalue weighted by atomic mass is 16.6. The molecule has 2 aromatic rings. The van der Waals surface area contributed by atoms with E-state index in [1.165, 1.54) is 14.2 Å². The molecule has 2 aromatic carbocycles. The Balaban J connectivity index is 1.95. The molecule has 0 aliphatic heterocycles. The highest BCUT2D eigenvalue weighted by Gasteiger charge is 2.12. The van der Waals surface area contributed by atoms with Crippen LogP contribution >= 0.6 is 0 Å². The van der Waals surface area contributed by atoms with Crippen LogP contribution in [0.1, 0.15) is 0 Å². The lowest BCUT2D eigenvalue weighted by atomic mass is 10.2. The molecule has 23 heavy (non-hydrogen) atoms. The first-order chi connectivity index (χ1) is 11.1. The Hall–Kier alpha value is -3.22. The third kappa shape index (κ3) is 4.63. The number of nitrogens with one attached hydrogen (secondary N) is 2. The summed E-state index contributed by atoms with van der Waals surface area (Å²) in [5, 5.41) is 4.56. The van der Waals surface area contributed by atoms with Crippen molar-refractivity contribution in [2.75, 3.05) is 19.5 Å². The van der Waals surface area contributed by atoms with E-state index in [9.17, 15) is 9.59 Å². The summed E-state index contributed by atoms with van der Waals surface area (Å²) in [5.74, 6) is 1.31. The number of hydrogen-bond donors (Lipinski definition) is 2. The van der Waals surface area contributed by atoms with Gasteiger partial charge >= 0.3 is 12.1 Å². The van der Waals surface area contributed by atoms with Crippen LogP contribution in [0.2, 0.25) is 0 Å². The van der Waals surface area contributed by atoms with Gasteiger partial charge in [-0.15, -0.1) is 0 Å². The van der Waals surface area contributed by atoms with Crippen molar-refractivity contribution in [2.24, 2.45) is 0 Å².